The molecule has 3 amide bonds. The van der Waals surface area contributed by atoms with Gasteiger partial charge in [0.2, 0.25) is 5.96 Å². The maximum atomic E-state index is 13.8. The van der Waals surface area contributed by atoms with Crippen LogP contribution in [0.15, 0.2) is 94.5 Å². The number of alkyl halides is 3. The molecule has 1 aliphatic carbocycles. The lowest BCUT2D eigenvalue weighted by molar-refractivity contribution is -0.274. The van der Waals surface area contributed by atoms with Crippen molar-refractivity contribution >= 4 is 46.2 Å². The van der Waals surface area contributed by atoms with Crippen LogP contribution in [0.5, 0.6) is 5.75 Å². The standard InChI is InChI=1S/C32H28F3N7O3S/c33-32(34,35)45-27-15-12-24(18-26(27)29-38-16-17-46-29)39-31(44)42(25-13-10-22(11-14-25)21-4-2-1-3-5-21)19-20-6-8-23(9-7-20)28(43)40-30(36)41-37/h4,6-18,37H,1-3,5,19H2,(H,39,44)(H2,36,40,43). The fraction of sp³-hybridized carbons (Fsp3) is 0.188. The van der Waals surface area contributed by atoms with Crippen LogP contribution in [0.1, 0.15) is 47.2 Å². The number of thiazole rings is 1. The number of allylic oxidation sites excluding steroid dienone is 2. The van der Waals surface area contributed by atoms with Crippen molar-refractivity contribution in [2.45, 2.75) is 38.6 Å². The third kappa shape index (κ3) is 8.21. The predicted molar refractivity (Wildman–Crippen MR) is 170 cm³/mol. The number of hydrogen-bond donors (Lipinski definition) is 3. The lowest BCUT2D eigenvalue weighted by Gasteiger charge is -2.24. The Morgan fingerprint density at radius 1 is 1.07 bits per heavy atom. The fourth-order valence-corrected chi connectivity index (χ4v) is 5.56. The Bertz CT molecular complexity index is 1770. The Hall–Kier alpha value is -5.37. The topological polar surface area (TPSA) is 146 Å². The second-order valence-corrected chi connectivity index (χ2v) is 11.1. The molecule has 4 aromatic rings. The van der Waals surface area contributed by atoms with Crippen LogP contribution in [0.4, 0.5) is 29.3 Å². The van der Waals surface area contributed by atoms with E-state index in [9.17, 15) is 22.8 Å². The number of benzene rings is 3. The Balaban J connectivity index is 1.44. The summed E-state index contributed by atoms with van der Waals surface area (Å²) in [5.41, 5.74) is 16.3. The van der Waals surface area contributed by atoms with E-state index in [0.29, 0.717) is 11.3 Å². The van der Waals surface area contributed by atoms with Gasteiger partial charge in [-0.15, -0.1) is 29.6 Å². The molecule has 0 fully saturated rings. The molecular weight excluding hydrogens is 619 g/mol. The molecule has 0 saturated carbocycles. The number of nitrogens with zero attached hydrogens (tertiary/aromatic N) is 4. The average molecular weight is 648 g/mol. The number of rotatable bonds is 8. The fourth-order valence-electron chi connectivity index (χ4n) is 4.90. The third-order valence-electron chi connectivity index (χ3n) is 7.08. The molecule has 14 heteroatoms. The van der Waals surface area contributed by atoms with Crippen molar-refractivity contribution in [3.63, 3.8) is 0 Å². The van der Waals surface area contributed by atoms with Crippen molar-refractivity contribution in [3.05, 3.63) is 101 Å². The van der Waals surface area contributed by atoms with E-state index < -0.39 is 30.0 Å². The highest BCUT2D eigenvalue weighted by Gasteiger charge is 2.32. The van der Waals surface area contributed by atoms with E-state index in [2.05, 4.69) is 31.2 Å². The van der Waals surface area contributed by atoms with Gasteiger partial charge >= 0.3 is 12.4 Å². The lowest BCUT2D eigenvalue weighted by Crippen LogP contribution is -2.34. The largest absolute Gasteiger partial charge is 0.573 e. The van der Waals surface area contributed by atoms with Crippen molar-refractivity contribution in [2.24, 2.45) is 15.8 Å². The normalized spacial score (nSPS) is 13.5. The van der Waals surface area contributed by atoms with Gasteiger partial charge in [0.15, 0.2) is 0 Å². The number of ether oxygens (including phenoxy) is 1. The number of hydrogen-bond acceptors (Lipinski definition) is 6. The molecule has 3 aromatic carbocycles. The summed E-state index contributed by atoms with van der Waals surface area (Å²) >= 11 is 1.13. The Morgan fingerprint density at radius 2 is 1.83 bits per heavy atom. The molecule has 46 heavy (non-hydrogen) atoms. The molecule has 0 saturated heterocycles. The Kier molecular flexibility index (Phi) is 9.86. The number of amides is 3. The summed E-state index contributed by atoms with van der Waals surface area (Å²) < 4.78 is 43.5. The molecule has 236 valence electrons. The van der Waals surface area contributed by atoms with Crippen molar-refractivity contribution in [2.75, 3.05) is 10.2 Å². The van der Waals surface area contributed by atoms with E-state index in [4.69, 9.17) is 11.3 Å². The van der Waals surface area contributed by atoms with Gasteiger partial charge in [-0.2, -0.15) is 4.99 Å². The quantitative estimate of drug-likeness (QED) is 0.0999. The van der Waals surface area contributed by atoms with Crippen LogP contribution in [0.3, 0.4) is 0 Å². The van der Waals surface area contributed by atoms with Crippen LogP contribution >= 0.6 is 11.3 Å². The summed E-state index contributed by atoms with van der Waals surface area (Å²) in [6, 6.07) is 17.2. The molecule has 4 N–H and O–H groups in total. The van der Waals surface area contributed by atoms with E-state index in [1.54, 1.807) is 17.5 Å². The van der Waals surface area contributed by atoms with Crippen LogP contribution in [-0.4, -0.2) is 29.2 Å². The average Bonchev–Trinajstić information content (AvgIpc) is 3.59. The highest BCUT2D eigenvalue weighted by molar-refractivity contribution is 7.13. The number of nitrogens with one attached hydrogen (secondary N) is 2. The van der Waals surface area contributed by atoms with E-state index >= 15 is 0 Å². The first-order valence-corrected chi connectivity index (χ1v) is 15.0. The second kappa shape index (κ2) is 14.2. The number of halogens is 3. The summed E-state index contributed by atoms with van der Waals surface area (Å²) in [5.74, 6) is -1.58. The zero-order valence-corrected chi connectivity index (χ0v) is 25.1. The van der Waals surface area contributed by atoms with Crippen LogP contribution in [0, 0.1) is 5.53 Å². The molecule has 0 spiro atoms. The number of guanidine groups is 1. The first kappa shape index (κ1) is 32.0. The third-order valence-corrected chi connectivity index (χ3v) is 7.88. The van der Waals surface area contributed by atoms with Crippen LogP contribution in [0.25, 0.3) is 16.1 Å². The molecule has 0 aliphatic heterocycles. The molecule has 0 bridgehead atoms. The minimum absolute atomic E-state index is 0.0727. The van der Waals surface area contributed by atoms with E-state index in [1.807, 2.05) is 24.3 Å². The highest BCUT2D eigenvalue weighted by Crippen LogP contribution is 2.37. The molecule has 1 aliphatic rings. The van der Waals surface area contributed by atoms with Crippen LogP contribution in [-0.2, 0) is 6.54 Å². The number of nitrogens with two attached hydrogens (primary N) is 1. The summed E-state index contributed by atoms with van der Waals surface area (Å²) in [4.78, 5) is 35.2. The van der Waals surface area contributed by atoms with E-state index in [0.717, 1.165) is 48.6 Å². The molecule has 1 aromatic heterocycles. The first-order chi connectivity index (χ1) is 22.1. The highest BCUT2D eigenvalue weighted by atomic mass is 32.1. The smallest absolute Gasteiger partial charge is 0.405 e. The van der Waals surface area contributed by atoms with Crippen molar-refractivity contribution in [1.29, 1.82) is 5.53 Å². The second-order valence-electron chi connectivity index (χ2n) is 10.2. The monoisotopic (exact) mass is 647 g/mol. The zero-order valence-electron chi connectivity index (χ0n) is 24.3. The van der Waals surface area contributed by atoms with Crippen molar-refractivity contribution < 1.29 is 27.5 Å². The SMILES string of the molecule is N=NC(N)=NC(=O)c1ccc(CN(C(=O)Nc2ccc(OC(F)(F)F)c(-c3nccs3)c2)c2ccc(C3=CCCCC3)cc2)cc1. The maximum Gasteiger partial charge on any atom is 0.573 e. The minimum atomic E-state index is -4.91. The van der Waals surface area contributed by atoms with Gasteiger partial charge in [-0.25, -0.2) is 15.3 Å². The molecule has 5 rings (SSSR count). The molecule has 0 unspecified atom stereocenters. The number of carbonyl (C=O) groups excluding carboxylic acids is 2. The molecular formula is C32H28F3N7O3S. The molecule has 0 atom stereocenters. The lowest BCUT2D eigenvalue weighted by atomic mass is 9.93. The summed E-state index contributed by atoms with van der Waals surface area (Å²) in [5, 5.41) is 7.62. The Labute approximate surface area is 265 Å². The number of anilines is 2. The van der Waals surface area contributed by atoms with E-state index in [1.165, 1.54) is 40.9 Å². The summed E-state index contributed by atoms with van der Waals surface area (Å²) in [7, 11) is 0. The summed E-state index contributed by atoms with van der Waals surface area (Å²) in [6.45, 7) is 0.0877. The van der Waals surface area contributed by atoms with Crippen LogP contribution < -0.4 is 20.7 Å². The van der Waals surface area contributed by atoms with Gasteiger partial charge in [-0.3, -0.25) is 9.69 Å². The van der Waals surface area contributed by atoms with Gasteiger partial charge in [0.1, 0.15) is 10.8 Å². The molecule has 0 radical (unpaired) electrons. The molecule has 10 nitrogen and oxygen atoms in total. The first-order valence-electron chi connectivity index (χ1n) is 14.1. The van der Waals surface area contributed by atoms with Crippen molar-refractivity contribution in [1.82, 2.24) is 4.98 Å². The van der Waals surface area contributed by atoms with Gasteiger partial charge in [-0.05, 0) is 84.8 Å². The number of urea groups is 1. The summed E-state index contributed by atoms with van der Waals surface area (Å²) in [6.07, 6.45) is 3.06. The van der Waals surface area contributed by atoms with Gasteiger partial charge in [0.05, 0.1) is 12.1 Å². The van der Waals surface area contributed by atoms with Gasteiger partial charge in [-0.1, -0.05) is 30.3 Å². The number of aromatic nitrogens is 1. The minimum Gasteiger partial charge on any atom is -0.405 e. The Morgan fingerprint density at radius 3 is 2.46 bits per heavy atom. The van der Waals surface area contributed by atoms with Crippen molar-refractivity contribution in [3.8, 4) is 16.3 Å². The van der Waals surface area contributed by atoms with Gasteiger partial charge < -0.3 is 15.8 Å². The number of aliphatic imine (C=N–C) groups is 1. The van der Waals surface area contributed by atoms with E-state index in [-0.39, 0.29) is 28.4 Å². The molecule has 1 heterocycles. The van der Waals surface area contributed by atoms with Gasteiger partial charge in [0.25, 0.3) is 5.91 Å². The van der Waals surface area contributed by atoms with Gasteiger partial charge in [0, 0.05) is 28.5 Å². The maximum absolute atomic E-state index is 13.8. The van der Waals surface area contributed by atoms with Crippen LogP contribution in [0.2, 0.25) is 0 Å². The predicted octanol–water partition coefficient (Wildman–Crippen LogP) is 8.39. The zero-order chi connectivity index (χ0) is 32.7. The number of carbonyl (C=O) groups is 2.